The molecule has 0 unspecified atom stereocenters. The Morgan fingerprint density at radius 1 is 1.23 bits per heavy atom. The van der Waals surface area contributed by atoms with E-state index in [9.17, 15) is 14.0 Å². The average molecular weight is 423 g/mol. The van der Waals surface area contributed by atoms with Crippen molar-refractivity contribution in [2.24, 2.45) is 0 Å². The molecule has 0 spiro atoms. The summed E-state index contributed by atoms with van der Waals surface area (Å²) in [6, 6.07) is 9.41. The lowest BCUT2D eigenvalue weighted by Gasteiger charge is -2.20. The third-order valence-electron chi connectivity index (χ3n) is 5.52. The Labute approximate surface area is 180 Å². The minimum absolute atomic E-state index is 0.0983. The molecule has 1 fully saturated rings. The summed E-state index contributed by atoms with van der Waals surface area (Å²) in [6.45, 7) is 3.97. The van der Waals surface area contributed by atoms with Gasteiger partial charge in [0.2, 0.25) is 5.91 Å². The van der Waals surface area contributed by atoms with E-state index in [0.29, 0.717) is 29.6 Å². The molecule has 2 amide bonds. The molecule has 1 saturated heterocycles. The maximum absolute atomic E-state index is 13.9. The van der Waals surface area contributed by atoms with Crippen molar-refractivity contribution in [3.8, 4) is 0 Å². The van der Waals surface area contributed by atoms with Crippen LogP contribution in [0.3, 0.4) is 0 Å². The van der Waals surface area contributed by atoms with E-state index >= 15 is 0 Å². The third kappa shape index (κ3) is 4.68. The lowest BCUT2D eigenvalue weighted by molar-refractivity contribution is -0.118. The molecule has 3 N–H and O–H groups in total. The first-order valence-corrected chi connectivity index (χ1v) is 10.6. The van der Waals surface area contributed by atoms with Crippen LogP contribution >= 0.6 is 0 Å². The van der Waals surface area contributed by atoms with Gasteiger partial charge in [-0.05, 0) is 49.6 Å². The summed E-state index contributed by atoms with van der Waals surface area (Å²) in [6.07, 6.45) is 4.91. The minimum Gasteiger partial charge on any atom is -0.371 e. The molecule has 2 heterocycles. The average Bonchev–Trinajstić information content (AvgIpc) is 3.45. The van der Waals surface area contributed by atoms with E-state index in [1.165, 1.54) is 25.2 Å². The molecule has 1 aliphatic heterocycles. The Hall–Kier alpha value is -3.42. The van der Waals surface area contributed by atoms with E-state index in [0.717, 1.165) is 24.8 Å². The van der Waals surface area contributed by atoms with Crippen molar-refractivity contribution in [3.05, 3.63) is 54.1 Å². The molecule has 8 heteroatoms. The number of carbonyl (C=O) groups is 2. The maximum Gasteiger partial charge on any atom is 0.254 e. The van der Waals surface area contributed by atoms with Crippen molar-refractivity contribution < 1.29 is 14.0 Å². The molecule has 162 valence electrons. The second kappa shape index (κ2) is 9.16. The predicted octanol–water partition coefficient (Wildman–Crippen LogP) is 3.84. The summed E-state index contributed by atoms with van der Waals surface area (Å²) >= 11 is 0. The zero-order valence-electron chi connectivity index (χ0n) is 17.5. The molecule has 7 nitrogen and oxygen atoms in total. The Morgan fingerprint density at radius 2 is 2.03 bits per heavy atom. The van der Waals surface area contributed by atoms with Crippen LogP contribution in [0.25, 0.3) is 11.0 Å². The number of imidazole rings is 1. The number of carbonyl (C=O) groups excluding carboxylic acids is 2. The first-order chi connectivity index (χ1) is 15.0. The topological polar surface area (TPSA) is 90.1 Å². The number of amides is 2. The molecule has 31 heavy (non-hydrogen) atoms. The lowest BCUT2D eigenvalue weighted by atomic mass is 10.1. The fourth-order valence-corrected chi connectivity index (χ4v) is 3.97. The van der Waals surface area contributed by atoms with E-state index in [4.69, 9.17) is 0 Å². The number of aromatic amines is 1. The van der Waals surface area contributed by atoms with Gasteiger partial charge in [0.05, 0.1) is 17.4 Å². The molecular formula is C23H26FN5O2. The van der Waals surface area contributed by atoms with E-state index in [1.54, 1.807) is 0 Å². The van der Waals surface area contributed by atoms with Gasteiger partial charge in [0.1, 0.15) is 17.4 Å². The number of fused-ring (bicyclic) bond motifs is 1. The molecule has 0 aliphatic carbocycles. The fraction of sp³-hybridized carbons (Fsp3) is 0.348. The first kappa shape index (κ1) is 20.8. The number of hydrogen-bond donors (Lipinski definition) is 3. The van der Waals surface area contributed by atoms with E-state index in [1.807, 2.05) is 31.2 Å². The van der Waals surface area contributed by atoms with E-state index in [-0.39, 0.29) is 11.5 Å². The van der Waals surface area contributed by atoms with E-state index < -0.39 is 17.8 Å². The summed E-state index contributed by atoms with van der Waals surface area (Å²) in [5, 5.41) is 5.67. The highest BCUT2D eigenvalue weighted by Gasteiger charge is 2.23. The van der Waals surface area contributed by atoms with Gasteiger partial charge in [-0.2, -0.15) is 0 Å². The van der Waals surface area contributed by atoms with Crippen molar-refractivity contribution in [3.63, 3.8) is 0 Å². The number of aromatic nitrogens is 2. The third-order valence-corrected chi connectivity index (χ3v) is 5.52. The van der Waals surface area contributed by atoms with Crippen LogP contribution in [0.4, 0.5) is 15.8 Å². The van der Waals surface area contributed by atoms with Crippen LogP contribution in [-0.4, -0.2) is 40.9 Å². The van der Waals surface area contributed by atoms with Gasteiger partial charge >= 0.3 is 0 Å². The SMILES string of the molecule is CCC[C@H](NC(=O)c1cc(F)cc2[nH]cnc12)C(=O)Nc1cccc(N2CCCC2)c1. The summed E-state index contributed by atoms with van der Waals surface area (Å²) in [5.41, 5.74) is 2.66. The number of H-pyrrole nitrogens is 1. The van der Waals surface area contributed by atoms with Gasteiger partial charge in [-0.15, -0.1) is 0 Å². The standard InChI is InChI=1S/C23H26FN5O2/c1-2-6-19(28-22(30)18-11-15(24)12-20-21(18)26-14-25-20)23(31)27-16-7-5-8-17(13-16)29-9-3-4-10-29/h5,7-8,11-14,19H,2-4,6,9-10H2,1H3,(H,25,26)(H,27,31)(H,28,30)/t19-/m0/s1. The van der Waals surface area contributed by atoms with Crippen molar-refractivity contribution in [2.45, 2.75) is 38.6 Å². The lowest BCUT2D eigenvalue weighted by Crippen LogP contribution is -2.43. The van der Waals surface area contributed by atoms with Gasteiger partial charge in [0, 0.05) is 24.5 Å². The van der Waals surface area contributed by atoms with Crippen molar-refractivity contribution in [2.75, 3.05) is 23.3 Å². The molecule has 0 saturated carbocycles. The molecular weight excluding hydrogens is 397 g/mol. The Morgan fingerprint density at radius 3 is 2.81 bits per heavy atom. The quantitative estimate of drug-likeness (QED) is 0.539. The molecule has 1 aliphatic rings. The number of nitrogens with zero attached hydrogens (tertiary/aromatic N) is 2. The summed E-state index contributed by atoms with van der Waals surface area (Å²) in [7, 11) is 0. The highest BCUT2D eigenvalue weighted by molar-refractivity contribution is 6.07. The fourth-order valence-electron chi connectivity index (χ4n) is 3.97. The van der Waals surface area contributed by atoms with Crippen LogP contribution in [0.15, 0.2) is 42.7 Å². The molecule has 0 radical (unpaired) electrons. The molecule has 1 aromatic heterocycles. The van der Waals surface area contributed by atoms with Crippen LogP contribution < -0.4 is 15.5 Å². The molecule has 2 aromatic carbocycles. The van der Waals surface area contributed by atoms with Crippen molar-refractivity contribution in [1.29, 1.82) is 0 Å². The summed E-state index contributed by atoms with van der Waals surface area (Å²) in [4.78, 5) is 35.0. The highest BCUT2D eigenvalue weighted by Crippen LogP contribution is 2.24. The number of benzene rings is 2. The zero-order valence-corrected chi connectivity index (χ0v) is 17.5. The molecule has 1 atom stereocenters. The van der Waals surface area contributed by atoms with Gasteiger partial charge in [-0.1, -0.05) is 19.4 Å². The smallest absolute Gasteiger partial charge is 0.254 e. The minimum atomic E-state index is -0.745. The highest BCUT2D eigenvalue weighted by atomic mass is 19.1. The Kier molecular flexibility index (Phi) is 6.16. The second-order valence-corrected chi connectivity index (χ2v) is 7.80. The van der Waals surface area contributed by atoms with Crippen LogP contribution in [-0.2, 0) is 4.79 Å². The number of halogens is 1. The number of hydrogen-bond acceptors (Lipinski definition) is 4. The van der Waals surface area contributed by atoms with Crippen molar-refractivity contribution in [1.82, 2.24) is 15.3 Å². The van der Waals surface area contributed by atoms with Gasteiger partial charge < -0.3 is 20.5 Å². The summed E-state index contributed by atoms with van der Waals surface area (Å²) in [5.74, 6) is -1.38. The monoisotopic (exact) mass is 423 g/mol. The second-order valence-electron chi connectivity index (χ2n) is 7.80. The number of rotatable bonds is 7. The van der Waals surface area contributed by atoms with Gasteiger partial charge in [-0.3, -0.25) is 9.59 Å². The normalized spacial score (nSPS) is 14.6. The van der Waals surface area contributed by atoms with Crippen LogP contribution in [0, 0.1) is 5.82 Å². The maximum atomic E-state index is 13.9. The van der Waals surface area contributed by atoms with Crippen LogP contribution in [0.1, 0.15) is 43.0 Å². The largest absolute Gasteiger partial charge is 0.371 e. The predicted molar refractivity (Wildman–Crippen MR) is 119 cm³/mol. The Bertz CT molecular complexity index is 1090. The molecule has 4 rings (SSSR count). The number of nitrogens with one attached hydrogen (secondary N) is 3. The molecule has 3 aromatic rings. The zero-order chi connectivity index (χ0) is 21.8. The van der Waals surface area contributed by atoms with Gasteiger partial charge in [0.15, 0.2) is 0 Å². The number of anilines is 2. The summed E-state index contributed by atoms with van der Waals surface area (Å²) < 4.78 is 13.9. The first-order valence-electron chi connectivity index (χ1n) is 10.6. The molecule has 0 bridgehead atoms. The van der Waals surface area contributed by atoms with Crippen LogP contribution in [0.5, 0.6) is 0 Å². The van der Waals surface area contributed by atoms with Crippen LogP contribution in [0.2, 0.25) is 0 Å². The Balaban J connectivity index is 1.49. The van der Waals surface area contributed by atoms with Gasteiger partial charge in [-0.25, -0.2) is 9.37 Å². The van der Waals surface area contributed by atoms with E-state index in [2.05, 4.69) is 25.5 Å². The van der Waals surface area contributed by atoms with Crippen molar-refractivity contribution >= 4 is 34.2 Å². The van der Waals surface area contributed by atoms with Gasteiger partial charge in [0.25, 0.3) is 5.91 Å².